The van der Waals surface area contributed by atoms with Crippen LogP contribution in [0.25, 0.3) is 28.7 Å². The summed E-state index contributed by atoms with van der Waals surface area (Å²) in [6.45, 7) is 5.80. The van der Waals surface area contributed by atoms with Crippen molar-refractivity contribution in [3.8, 4) is 23.0 Å². The first-order valence-electron chi connectivity index (χ1n) is 14.1. The van der Waals surface area contributed by atoms with Crippen molar-refractivity contribution in [3.05, 3.63) is 106 Å². The van der Waals surface area contributed by atoms with Gasteiger partial charge in [-0.25, -0.2) is 0 Å². The molecule has 0 saturated carbocycles. The van der Waals surface area contributed by atoms with Crippen LogP contribution in [0.15, 0.2) is 66.7 Å². The summed E-state index contributed by atoms with van der Waals surface area (Å²) < 4.78 is 41.3. The fraction of sp³-hybridized carbons (Fsp3) is 0.222. The normalized spacial score (nSPS) is 13.4. The predicted molar refractivity (Wildman–Crippen MR) is 164 cm³/mol. The molecule has 0 radical (unpaired) electrons. The second kappa shape index (κ2) is 11.6. The molecule has 0 aliphatic heterocycles. The number of hydrogen-bond donors (Lipinski definition) is 0. The second-order valence-corrected chi connectivity index (χ2v) is 13.5. The average Bonchev–Trinajstić information content (AvgIpc) is 3.59. The molecule has 1 heterocycles. The van der Waals surface area contributed by atoms with Gasteiger partial charge in [-0.15, -0.1) is 0 Å². The van der Waals surface area contributed by atoms with E-state index in [2.05, 4.69) is 30.9 Å². The van der Waals surface area contributed by atoms with E-state index in [4.69, 9.17) is 9.47 Å². The molecule has 0 saturated heterocycles. The summed E-state index contributed by atoms with van der Waals surface area (Å²) in [5.41, 5.74) is 4.33. The Labute approximate surface area is 258 Å². The van der Waals surface area contributed by atoms with E-state index in [9.17, 15) is 18.4 Å². The number of rotatable bonds is 5. The molecule has 6 rings (SSSR count). The van der Waals surface area contributed by atoms with Crippen LogP contribution in [0.1, 0.15) is 41.7 Å². The van der Waals surface area contributed by atoms with Crippen LogP contribution in [0.3, 0.4) is 0 Å². The Kier molecular flexibility index (Phi) is 7.86. The molecule has 4 nitrogen and oxygen atoms in total. The predicted octanol–water partition coefficient (Wildman–Crippen LogP) is 6.91. The van der Waals surface area contributed by atoms with Gasteiger partial charge >= 0.3 is 259 Å². The van der Waals surface area contributed by atoms with Crippen molar-refractivity contribution >= 4 is 49.9 Å². The summed E-state index contributed by atoms with van der Waals surface area (Å²) >= 11 is -0.913. The molecule has 43 heavy (non-hydrogen) atoms. The molecule has 0 unspecified atom stereocenters. The molecule has 0 N–H and O–H groups in total. The van der Waals surface area contributed by atoms with Gasteiger partial charge in [0.25, 0.3) is 0 Å². The van der Waals surface area contributed by atoms with Gasteiger partial charge in [0.1, 0.15) is 0 Å². The molecule has 0 bridgehead atoms. The summed E-state index contributed by atoms with van der Waals surface area (Å²) in [5, 5.41) is 2.13. The van der Waals surface area contributed by atoms with Crippen LogP contribution in [0, 0.1) is 35.8 Å². The quantitative estimate of drug-likeness (QED) is 0.0871. The molecule has 5 aromatic rings. The number of halogens is 2. The molecule has 0 fully saturated rings. The van der Waals surface area contributed by atoms with E-state index < -0.39 is 37.8 Å². The molecule has 0 amide bonds. The van der Waals surface area contributed by atoms with E-state index in [-0.39, 0.29) is 37.7 Å². The molecule has 4 aromatic carbocycles. The fourth-order valence-electron chi connectivity index (χ4n) is 5.95. The van der Waals surface area contributed by atoms with Crippen molar-refractivity contribution in [2.45, 2.75) is 33.6 Å². The van der Waals surface area contributed by atoms with Gasteiger partial charge in [-0.05, 0) is 0 Å². The summed E-state index contributed by atoms with van der Waals surface area (Å²) in [6.07, 6.45) is 0.242. The van der Waals surface area contributed by atoms with E-state index in [0.29, 0.717) is 11.1 Å². The van der Waals surface area contributed by atoms with Crippen LogP contribution in [0.2, 0.25) is 0 Å². The van der Waals surface area contributed by atoms with Crippen molar-refractivity contribution in [1.82, 2.24) is 0 Å². The minimum absolute atomic E-state index is 0.0806. The van der Waals surface area contributed by atoms with Crippen LogP contribution in [-0.4, -0.2) is 45.6 Å². The first kappa shape index (κ1) is 29.1. The number of fused-ring (bicyclic) bond motifs is 5. The Morgan fingerprint density at radius 3 is 2.05 bits per heavy atom. The summed E-state index contributed by atoms with van der Waals surface area (Å²) in [4.78, 5) is 27.2. The summed E-state index contributed by atoms with van der Waals surface area (Å²) in [7, 11) is 0. The van der Waals surface area contributed by atoms with Gasteiger partial charge in [0.2, 0.25) is 0 Å². The number of carbonyl (C=O) groups is 2. The second-order valence-electron chi connectivity index (χ2n) is 10.6. The van der Waals surface area contributed by atoms with E-state index in [1.807, 2.05) is 6.07 Å². The van der Waals surface area contributed by atoms with Gasteiger partial charge in [-0.3, -0.25) is 0 Å². The van der Waals surface area contributed by atoms with Crippen molar-refractivity contribution in [1.29, 1.82) is 0 Å². The molecular formula is C36H28F2O4Te. The van der Waals surface area contributed by atoms with Crippen molar-refractivity contribution in [2.24, 2.45) is 5.41 Å². The molecule has 0 spiro atoms. The van der Waals surface area contributed by atoms with Crippen LogP contribution >= 0.6 is 0 Å². The molecule has 1 aliphatic carbocycles. The van der Waals surface area contributed by atoms with E-state index in [0.717, 1.165) is 36.4 Å². The van der Waals surface area contributed by atoms with Crippen LogP contribution < -0.4 is 0 Å². The molecule has 0 atom stereocenters. The maximum absolute atomic E-state index is 14.2. The molecule has 1 aromatic heterocycles. The number of esters is 2. The molecule has 216 valence electrons. The molecule has 7 heteroatoms. The van der Waals surface area contributed by atoms with Crippen LogP contribution in [0.4, 0.5) is 8.78 Å². The first-order valence-corrected chi connectivity index (χ1v) is 16.5. The summed E-state index contributed by atoms with van der Waals surface area (Å²) in [5.74, 6) is 4.63. The third-order valence-corrected chi connectivity index (χ3v) is 11.9. The van der Waals surface area contributed by atoms with Gasteiger partial charge in [-0.2, -0.15) is 0 Å². The zero-order valence-corrected chi connectivity index (χ0v) is 26.3. The number of aryl methyl sites for hydroxylation is 1. The van der Waals surface area contributed by atoms with E-state index >= 15 is 0 Å². The number of carbonyl (C=O) groups excluding carboxylic acids is 2. The number of hydrogen-bond acceptors (Lipinski definition) is 4. The third-order valence-electron chi connectivity index (χ3n) is 7.95. The zero-order valence-electron chi connectivity index (χ0n) is 24.0. The Morgan fingerprint density at radius 2 is 1.42 bits per heavy atom. The average molecular weight is 690 g/mol. The maximum atomic E-state index is 14.2. The molecular weight excluding hydrogens is 662 g/mol. The minimum atomic E-state index is -1.54. The first-order chi connectivity index (χ1) is 20.8. The van der Waals surface area contributed by atoms with Crippen molar-refractivity contribution < 1.29 is 27.8 Å². The van der Waals surface area contributed by atoms with Crippen LogP contribution in [-0.2, 0) is 31.9 Å². The molecule has 1 aliphatic rings. The van der Waals surface area contributed by atoms with Crippen molar-refractivity contribution in [3.63, 3.8) is 0 Å². The van der Waals surface area contributed by atoms with Gasteiger partial charge < -0.3 is 0 Å². The van der Waals surface area contributed by atoms with Crippen LogP contribution in [0.5, 0.6) is 0 Å². The SMILES string of the molecule is CCOC(=O)C1(C(=O)OCC)Cc2c(C#Cc3ccc(F)cc3)c(-c3ccc(F)cc3)c3c([te]c4c(C)cccc43)c2C1. The topological polar surface area (TPSA) is 52.6 Å². The zero-order chi connectivity index (χ0) is 30.3. The Balaban J connectivity index is 1.74. The summed E-state index contributed by atoms with van der Waals surface area (Å²) in [6, 6.07) is 18.5. The third kappa shape index (κ3) is 5.03. The van der Waals surface area contributed by atoms with Crippen molar-refractivity contribution in [2.75, 3.05) is 13.2 Å². The van der Waals surface area contributed by atoms with Gasteiger partial charge in [0.15, 0.2) is 0 Å². The van der Waals surface area contributed by atoms with Gasteiger partial charge in [0.05, 0.1) is 0 Å². The fourth-order valence-corrected chi connectivity index (χ4v) is 9.80. The number of benzene rings is 4. The van der Waals surface area contributed by atoms with E-state index in [1.165, 1.54) is 33.2 Å². The standard InChI is InChI=1S/C36H28F2O4Te/c1-4-41-34(39)36(35(40)42-5-2)19-28-26(18-11-22-9-14-24(37)15-10-22)30(23-12-16-25(38)17-13-23)31-27-8-6-7-21(3)32(27)43-33(31)29(28)20-36/h6-10,12-17H,4-5,19-20H2,1-3H3. The van der Waals surface area contributed by atoms with Gasteiger partial charge in [0, 0.05) is 0 Å². The van der Waals surface area contributed by atoms with E-state index in [1.54, 1.807) is 38.1 Å². The monoisotopic (exact) mass is 692 g/mol. The Bertz CT molecular complexity index is 1940. The van der Waals surface area contributed by atoms with Gasteiger partial charge in [-0.1, -0.05) is 0 Å². The Hall–Kier alpha value is -3.97. The number of ether oxygens (including phenoxy) is 2. The Morgan fingerprint density at radius 1 is 0.814 bits per heavy atom.